The molecule has 3 aromatic rings. The van der Waals surface area contributed by atoms with Crippen LogP contribution >= 0.6 is 0 Å². The lowest BCUT2D eigenvalue weighted by molar-refractivity contribution is -0.134. The summed E-state index contributed by atoms with van der Waals surface area (Å²) >= 11 is 0. The van der Waals surface area contributed by atoms with Gasteiger partial charge in [-0.1, -0.05) is 49.4 Å². The monoisotopic (exact) mass is 482 g/mol. The summed E-state index contributed by atoms with van der Waals surface area (Å²) in [6.45, 7) is 4.67. The largest absolute Gasteiger partial charge is 0.332 e. The summed E-state index contributed by atoms with van der Waals surface area (Å²) in [5.41, 5.74) is 3.37. The lowest BCUT2D eigenvalue weighted by Crippen LogP contribution is -2.64. The van der Waals surface area contributed by atoms with E-state index in [9.17, 15) is 14.4 Å². The van der Waals surface area contributed by atoms with Crippen LogP contribution in [0, 0.1) is 0 Å². The zero-order valence-electron chi connectivity index (χ0n) is 20.7. The second kappa shape index (κ2) is 9.57. The molecule has 184 valence electrons. The van der Waals surface area contributed by atoms with Gasteiger partial charge in [-0.3, -0.25) is 24.3 Å². The summed E-state index contributed by atoms with van der Waals surface area (Å²) in [6.07, 6.45) is 5.23. The van der Waals surface area contributed by atoms with Crippen LogP contribution in [-0.4, -0.2) is 44.7 Å². The number of benzene rings is 2. The molecule has 2 aliphatic rings. The van der Waals surface area contributed by atoms with Crippen LogP contribution in [0.5, 0.6) is 0 Å². The quantitative estimate of drug-likeness (QED) is 0.507. The highest BCUT2D eigenvalue weighted by Crippen LogP contribution is 2.43. The Kier molecular flexibility index (Phi) is 6.31. The molecule has 0 saturated carbocycles. The molecule has 7 heteroatoms. The Labute approximate surface area is 211 Å². The van der Waals surface area contributed by atoms with E-state index in [4.69, 9.17) is 0 Å². The fourth-order valence-electron chi connectivity index (χ4n) is 5.22. The minimum Gasteiger partial charge on any atom is -0.332 e. The van der Waals surface area contributed by atoms with Crippen molar-refractivity contribution < 1.29 is 14.4 Å². The van der Waals surface area contributed by atoms with Crippen LogP contribution in [0.1, 0.15) is 53.7 Å². The Bertz CT molecular complexity index is 1290. The van der Waals surface area contributed by atoms with Gasteiger partial charge in [-0.2, -0.15) is 0 Å². The third-order valence-corrected chi connectivity index (χ3v) is 7.29. The zero-order valence-corrected chi connectivity index (χ0v) is 20.7. The number of carbonyl (C=O) groups excluding carboxylic acids is 3. The van der Waals surface area contributed by atoms with E-state index in [0.717, 1.165) is 17.5 Å². The minimum absolute atomic E-state index is 0.0295. The maximum atomic E-state index is 13.8. The van der Waals surface area contributed by atoms with Crippen molar-refractivity contribution in [2.45, 2.75) is 51.9 Å². The maximum absolute atomic E-state index is 13.8. The molecule has 5 rings (SSSR count). The van der Waals surface area contributed by atoms with Gasteiger partial charge in [0.25, 0.3) is 5.91 Å². The second-order valence-electron chi connectivity index (χ2n) is 9.64. The fraction of sp³-hybridized carbons (Fsp3) is 0.310. The van der Waals surface area contributed by atoms with Gasteiger partial charge in [0.2, 0.25) is 11.8 Å². The molecule has 3 heterocycles. The average Bonchev–Trinajstić information content (AvgIpc) is 3.22. The molecule has 36 heavy (non-hydrogen) atoms. The van der Waals surface area contributed by atoms with Crippen molar-refractivity contribution in [3.8, 4) is 0 Å². The summed E-state index contributed by atoms with van der Waals surface area (Å²) in [6, 6.07) is 19.2. The molecule has 0 radical (unpaired) electrons. The zero-order chi connectivity index (χ0) is 25.3. The molecule has 1 atom stereocenters. The predicted molar refractivity (Wildman–Crippen MR) is 137 cm³/mol. The molecule has 7 nitrogen and oxygen atoms in total. The number of hydrogen-bond donors (Lipinski definition) is 0. The standard InChI is InChI=1S/C29H30N4O3/c1-3-21-10-12-22(13-11-21)18-31(19-23-7-6-16-30-17-23)27(35)20-32-28(36)24-8-4-5-9-25(24)33-26(34)14-15-29(32,33)2/h4-13,16-17H,3,14-15,18-20H2,1-2H3. The number of hydrogen-bond acceptors (Lipinski definition) is 4. The Morgan fingerprint density at radius 2 is 1.69 bits per heavy atom. The summed E-state index contributed by atoms with van der Waals surface area (Å²) in [7, 11) is 0. The molecule has 0 N–H and O–H groups in total. The van der Waals surface area contributed by atoms with Gasteiger partial charge < -0.3 is 9.80 Å². The van der Waals surface area contributed by atoms with Crippen molar-refractivity contribution in [3.63, 3.8) is 0 Å². The number of nitrogens with zero attached hydrogens (tertiary/aromatic N) is 4. The first-order valence-electron chi connectivity index (χ1n) is 12.4. The van der Waals surface area contributed by atoms with Crippen LogP contribution in [0.3, 0.4) is 0 Å². The molecule has 1 fully saturated rings. The predicted octanol–water partition coefficient (Wildman–Crippen LogP) is 4.17. The van der Waals surface area contributed by atoms with Crippen LogP contribution in [0.2, 0.25) is 0 Å². The summed E-state index contributed by atoms with van der Waals surface area (Å²) in [5.74, 6) is -0.425. The summed E-state index contributed by atoms with van der Waals surface area (Å²) < 4.78 is 0. The lowest BCUT2D eigenvalue weighted by Gasteiger charge is -2.48. The third kappa shape index (κ3) is 4.26. The molecule has 0 bridgehead atoms. The number of aromatic nitrogens is 1. The fourth-order valence-corrected chi connectivity index (χ4v) is 5.22. The smallest absolute Gasteiger partial charge is 0.258 e. The first-order valence-corrected chi connectivity index (χ1v) is 12.4. The Morgan fingerprint density at radius 3 is 2.42 bits per heavy atom. The molecule has 3 amide bonds. The van der Waals surface area contributed by atoms with Gasteiger partial charge in [0.1, 0.15) is 12.2 Å². The number of aryl methyl sites for hydroxylation is 1. The van der Waals surface area contributed by atoms with E-state index in [0.29, 0.717) is 37.2 Å². The number of para-hydroxylation sites is 1. The van der Waals surface area contributed by atoms with Crippen molar-refractivity contribution in [2.75, 3.05) is 11.4 Å². The van der Waals surface area contributed by atoms with E-state index in [2.05, 4.69) is 24.0 Å². The van der Waals surface area contributed by atoms with Gasteiger partial charge in [-0.15, -0.1) is 0 Å². The maximum Gasteiger partial charge on any atom is 0.258 e. The van der Waals surface area contributed by atoms with Gasteiger partial charge in [0, 0.05) is 31.9 Å². The molecular formula is C29H30N4O3. The normalized spacial score (nSPS) is 18.7. The lowest BCUT2D eigenvalue weighted by atomic mass is 9.98. The average molecular weight is 483 g/mol. The topological polar surface area (TPSA) is 73.8 Å². The van der Waals surface area contributed by atoms with Crippen LogP contribution in [0.4, 0.5) is 5.69 Å². The van der Waals surface area contributed by atoms with E-state index < -0.39 is 5.66 Å². The van der Waals surface area contributed by atoms with Crippen molar-refractivity contribution >= 4 is 23.4 Å². The van der Waals surface area contributed by atoms with E-state index in [1.165, 1.54) is 5.56 Å². The van der Waals surface area contributed by atoms with Gasteiger partial charge in [0.05, 0.1) is 11.3 Å². The Balaban J connectivity index is 1.45. The van der Waals surface area contributed by atoms with Crippen LogP contribution in [-0.2, 0) is 29.1 Å². The first kappa shape index (κ1) is 23.7. The molecule has 2 aliphatic heterocycles. The van der Waals surface area contributed by atoms with Gasteiger partial charge in [-0.25, -0.2) is 0 Å². The SMILES string of the molecule is CCc1ccc(CN(Cc2cccnc2)C(=O)CN2C(=O)c3ccccc3N3C(=O)CCC23C)cc1. The highest BCUT2D eigenvalue weighted by Gasteiger charge is 2.53. The van der Waals surface area contributed by atoms with E-state index in [1.54, 1.807) is 39.2 Å². The van der Waals surface area contributed by atoms with Gasteiger partial charge >= 0.3 is 0 Å². The Morgan fingerprint density at radius 1 is 0.972 bits per heavy atom. The third-order valence-electron chi connectivity index (χ3n) is 7.29. The van der Waals surface area contributed by atoms with Gasteiger partial charge in [0.15, 0.2) is 0 Å². The Hall–Kier alpha value is -4.00. The van der Waals surface area contributed by atoms with Crippen molar-refractivity contribution in [3.05, 3.63) is 95.3 Å². The number of fused-ring (bicyclic) bond motifs is 3. The number of anilines is 1. The van der Waals surface area contributed by atoms with Crippen molar-refractivity contribution in [1.29, 1.82) is 0 Å². The number of carbonyl (C=O) groups is 3. The number of pyridine rings is 1. The second-order valence-corrected chi connectivity index (χ2v) is 9.64. The number of amides is 3. The van der Waals surface area contributed by atoms with Crippen LogP contribution in [0.25, 0.3) is 0 Å². The van der Waals surface area contributed by atoms with E-state index in [1.807, 2.05) is 43.3 Å². The molecule has 0 aliphatic carbocycles. The van der Waals surface area contributed by atoms with Crippen molar-refractivity contribution in [1.82, 2.24) is 14.8 Å². The van der Waals surface area contributed by atoms with Crippen LogP contribution in [0.15, 0.2) is 73.1 Å². The summed E-state index contributed by atoms with van der Waals surface area (Å²) in [4.78, 5) is 49.6. The van der Waals surface area contributed by atoms with Crippen molar-refractivity contribution in [2.24, 2.45) is 0 Å². The van der Waals surface area contributed by atoms with Crippen LogP contribution < -0.4 is 4.90 Å². The number of rotatable bonds is 7. The van der Waals surface area contributed by atoms with E-state index in [-0.39, 0.29) is 24.3 Å². The highest BCUT2D eigenvalue weighted by atomic mass is 16.2. The minimum atomic E-state index is -0.874. The molecule has 1 aromatic heterocycles. The van der Waals surface area contributed by atoms with Gasteiger partial charge in [-0.05, 0) is 54.7 Å². The molecular weight excluding hydrogens is 452 g/mol. The molecule has 1 saturated heterocycles. The summed E-state index contributed by atoms with van der Waals surface area (Å²) in [5, 5.41) is 0. The molecule has 1 unspecified atom stereocenters. The van der Waals surface area contributed by atoms with E-state index >= 15 is 0 Å². The molecule has 0 spiro atoms. The highest BCUT2D eigenvalue weighted by molar-refractivity contribution is 6.11. The first-order chi connectivity index (χ1) is 17.4. The molecule has 2 aromatic carbocycles.